The number of benzene rings is 1. The van der Waals surface area contributed by atoms with Crippen molar-refractivity contribution in [3.05, 3.63) is 35.4 Å². The number of carbonyl (C=O) groups is 2. The summed E-state index contributed by atoms with van der Waals surface area (Å²) in [5.74, 6) is -0.183. The summed E-state index contributed by atoms with van der Waals surface area (Å²) in [6.07, 6.45) is 0.957. The van der Waals surface area contributed by atoms with Gasteiger partial charge in [0.05, 0.1) is 0 Å². The SMILES string of the molecule is Cc1ccc(C(=O)NC(C(=O)N(C)C2CCNC2)C(C)C)cc1.Cl. The molecule has 1 aliphatic rings. The van der Waals surface area contributed by atoms with Crippen LogP contribution in [0, 0.1) is 12.8 Å². The van der Waals surface area contributed by atoms with E-state index in [0.29, 0.717) is 5.56 Å². The first kappa shape index (κ1) is 20.5. The minimum Gasteiger partial charge on any atom is -0.340 e. The zero-order valence-corrected chi connectivity index (χ0v) is 15.7. The molecule has 0 spiro atoms. The van der Waals surface area contributed by atoms with Gasteiger partial charge in [0.15, 0.2) is 0 Å². The van der Waals surface area contributed by atoms with Gasteiger partial charge >= 0.3 is 0 Å². The van der Waals surface area contributed by atoms with Gasteiger partial charge in [-0.1, -0.05) is 31.5 Å². The molecule has 2 amide bonds. The number of likely N-dealkylation sites (N-methyl/N-ethyl adjacent to an activating group) is 1. The highest BCUT2D eigenvalue weighted by atomic mass is 35.5. The van der Waals surface area contributed by atoms with Crippen molar-refractivity contribution in [2.24, 2.45) is 5.92 Å². The van der Waals surface area contributed by atoms with E-state index in [1.54, 1.807) is 17.0 Å². The molecule has 1 heterocycles. The lowest BCUT2D eigenvalue weighted by Crippen LogP contribution is -2.53. The molecule has 0 saturated carbocycles. The standard InChI is InChI=1S/C18H27N3O2.ClH/c1-12(2)16(18(23)21(4)15-9-10-19-11-15)20-17(22)14-7-5-13(3)6-8-14;/h5-8,12,15-16,19H,9-11H2,1-4H3,(H,20,22);1H. The third kappa shape index (κ3) is 4.95. The number of nitrogens with zero attached hydrogens (tertiary/aromatic N) is 1. The van der Waals surface area contributed by atoms with E-state index in [0.717, 1.165) is 25.1 Å². The number of amides is 2. The van der Waals surface area contributed by atoms with Crippen LogP contribution in [0.4, 0.5) is 0 Å². The van der Waals surface area contributed by atoms with E-state index >= 15 is 0 Å². The number of nitrogens with one attached hydrogen (secondary N) is 2. The van der Waals surface area contributed by atoms with Crippen molar-refractivity contribution in [3.63, 3.8) is 0 Å². The molecular formula is C18H28ClN3O2. The maximum Gasteiger partial charge on any atom is 0.251 e. The highest BCUT2D eigenvalue weighted by Gasteiger charge is 2.31. The molecule has 0 bridgehead atoms. The topological polar surface area (TPSA) is 61.4 Å². The monoisotopic (exact) mass is 353 g/mol. The fraction of sp³-hybridized carbons (Fsp3) is 0.556. The van der Waals surface area contributed by atoms with E-state index in [1.807, 2.05) is 40.0 Å². The molecule has 1 aromatic rings. The van der Waals surface area contributed by atoms with Crippen molar-refractivity contribution in [1.82, 2.24) is 15.5 Å². The van der Waals surface area contributed by atoms with Crippen molar-refractivity contribution >= 4 is 24.2 Å². The summed E-state index contributed by atoms with van der Waals surface area (Å²) >= 11 is 0. The van der Waals surface area contributed by atoms with Gasteiger partial charge in [-0.3, -0.25) is 9.59 Å². The molecule has 2 unspecified atom stereocenters. The number of hydrogen-bond acceptors (Lipinski definition) is 3. The zero-order valence-electron chi connectivity index (χ0n) is 14.8. The Hall–Kier alpha value is -1.59. The largest absolute Gasteiger partial charge is 0.340 e. The van der Waals surface area contributed by atoms with E-state index in [2.05, 4.69) is 10.6 Å². The van der Waals surface area contributed by atoms with Gasteiger partial charge in [0, 0.05) is 25.2 Å². The van der Waals surface area contributed by atoms with Crippen molar-refractivity contribution < 1.29 is 9.59 Å². The lowest BCUT2D eigenvalue weighted by molar-refractivity contribution is -0.134. The van der Waals surface area contributed by atoms with Crippen LogP contribution in [-0.4, -0.2) is 48.9 Å². The Balaban J connectivity index is 0.00000288. The second-order valence-electron chi connectivity index (χ2n) is 6.66. The molecule has 1 saturated heterocycles. The number of carbonyl (C=O) groups excluding carboxylic acids is 2. The molecule has 5 nitrogen and oxygen atoms in total. The van der Waals surface area contributed by atoms with Crippen LogP contribution in [0.2, 0.25) is 0 Å². The minimum atomic E-state index is -0.505. The van der Waals surface area contributed by atoms with E-state index in [4.69, 9.17) is 0 Å². The number of aryl methyl sites for hydroxylation is 1. The highest BCUT2D eigenvalue weighted by Crippen LogP contribution is 2.13. The fourth-order valence-electron chi connectivity index (χ4n) is 2.81. The van der Waals surface area contributed by atoms with E-state index in [9.17, 15) is 9.59 Å². The Morgan fingerprint density at radius 1 is 1.25 bits per heavy atom. The molecule has 24 heavy (non-hydrogen) atoms. The molecule has 1 fully saturated rings. The Bertz CT molecular complexity index is 554. The molecule has 1 aromatic carbocycles. The third-order valence-corrected chi connectivity index (χ3v) is 4.46. The Labute approximate surface area is 150 Å². The van der Waals surface area contributed by atoms with Crippen molar-refractivity contribution in [1.29, 1.82) is 0 Å². The van der Waals surface area contributed by atoms with Gasteiger partial charge in [-0.05, 0) is 37.9 Å². The normalized spacial score (nSPS) is 18.0. The molecule has 134 valence electrons. The summed E-state index contributed by atoms with van der Waals surface area (Å²) in [7, 11) is 1.83. The Kier molecular flexibility index (Phi) is 7.70. The van der Waals surface area contributed by atoms with Gasteiger partial charge in [0.2, 0.25) is 5.91 Å². The Morgan fingerprint density at radius 3 is 2.38 bits per heavy atom. The molecule has 1 aliphatic heterocycles. The highest BCUT2D eigenvalue weighted by molar-refractivity contribution is 5.97. The summed E-state index contributed by atoms with van der Waals surface area (Å²) in [4.78, 5) is 27.0. The van der Waals surface area contributed by atoms with E-state index < -0.39 is 6.04 Å². The van der Waals surface area contributed by atoms with Crippen LogP contribution < -0.4 is 10.6 Å². The van der Waals surface area contributed by atoms with Gasteiger partial charge < -0.3 is 15.5 Å². The quantitative estimate of drug-likeness (QED) is 0.851. The van der Waals surface area contributed by atoms with Gasteiger partial charge in [-0.15, -0.1) is 12.4 Å². The number of halogens is 1. The first-order chi connectivity index (χ1) is 10.9. The van der Waals surface area contributed by atoms with Crippen LogP contribution in [-0.2, 0) is 4.79 Å². The predicted molar refractivity (Wildman–Crippen MR) is 98.6 cm³/mol. The third-order valence-electron chi connectivity index (χ3n) is 4.46. The van der Waals surface area contributed by atoms with Crippen molar-refractivity contribution in [2.75, 3.05) is 20.1 Å². The smallest absolute Gasteiger partial charge is 0.251 e. The van der Waals surface area contributed by atoms with E-state index in [1.165, 1.54) is 0 Å². The van der Waals surface area contributed by atoms with Crippen LogP contribution in [0.1, 0.15) is 36.2 Å². The lowest BCUT2D eigenvalue weighted by Gasteiger charge is -2.30. The molecule has 6 heteroatoms. The first-order valence-corrected chi connectivity index (χ1v) is 8.25. The molecule has 0 radical (unpaired) electrons. The van der Waals surface area contributed by atoms with Crippen molar-refractivity contribution in [3.8, 4) is 0 Å². The first-order valence-electron chi connectivity index (χ1n) is 8.25. The van der Waals surface area contributed by atoms with Crippen LogP contribution in [0.5, 0.6) is 0 Å². The van der Waals surface area contributed by atoms with Crippen LogP contribution in [0.25, 0.3) is 0 Å². The van der Waals surface area contributed by atoms with Crippen LogP contribution >= 0.6 is 12.4 Å². The summed E-state index contributed by atoms with van der Waals surface area (Å²) in [6.45, 7) is 7.65. The Morgan fingerprint density at radius 2 is 1.88 bits per heavy atom. The molecule has 0 aromatic heterocycles. The van der Waals surface area contributed by atoms with Crippen LogP contribution in [0.15, 0.2) is 24.3 Å². The number of rotatable bonds is 5. The van der Waals surface area contributed by atoms with Crippen molar-refractivity contribution in [2.45, 2.75) is 39.3 Å². The molecule has 0 aliphatic carbocycles. The lowest BCUT2D eigenvalue weighted by atomic mass is 10.0. The second kappa shape index (κ2) is 9.04. The zero-order chi connectivity index (χ0) is 17.0. The molecule has 2 atom stereocenters. The molecule has 2 rings (SSSR count). The fourth-order valence-corrected chi connectivity index (χ4v) is 2.81. The second-order valence-corrected chi connectivity index (χ2v) is 6.66. The maximum atomic E-state index is 12.8. The van der Waals surface area contributed by atoms with Gasteiger partial charge in [0.25, 0.3) is 5.91 Å². The summed E-state index contributed by atoms with van der Waals surface area (Å²) in [5, 5.41) is 6.17. The van der Waals surface area contributed by atoms with Crippen LogP contribution in [0.3, 0.4) is 0 Å². The average Bonchev–Trinajstić information content (AvgIpc) is 3.05. The van der Waals surface area contributed by atoms with Gasteiger partial charge in [-0.25, -0.2) is 0 Å². The summed E-state index contributed by atoms with van der Waals surface area (Å²) in [6, 6.07) is 7.08. The minimum absolute atomic E-state index is 0. The average molecular weight is 354 g/mol. The predicted octanol–water partition coefficient (Wildman–Crippen LogP) is 1.99. The molecule has 2 N–H and O–H groups in total. The van der Waals surface area contributed by atoms with Gasteiger partial charge in [-0.2, -0.15) is 0 Å². The summed E-state index contributed by atoms with van der Waals surface area (Å²) in [5.41, 5.74) is 1.69. The van der Waals surface area contributed by atoms with E-state index in [-0.39, 0.29) is 36.2 Å². The number of hydrogen-bond donors (Lipinski definition) is 2. The molecular weight excluding hydrogens is 326 g/mol. The maximum absolute atomic E-state index is 12.8. The van der Waals surface area contributed by atoms with Gasteiger partial charge in [0.1, 0.15) is 6.04 Å². The summed E-state index contributed by atoms with van der Waals surface area (Å²) < 4.78 is 0.